The standard InChI is InChI=1S/C47H56N2O13/c1-22-16-18-30(19-17-22)46(57)61-42-28(7)43-34-32-33(42)39(53)35(36(40(32)54)49(10)11)48-45(56)24(3)15-13-14-23(2)37(51)26(5)38(52)27(6)41(60-29(8)50)25(4)31(58-12)20-21-59-47(9,62-43)44(34)55/h13-21,23,25-27,31,37-38,41,51-52H,1-12H3,(H,48,56)/t23-,25+,26+,27-,31-,37-,38-,41+,47-/m0/s1. The van der Waals surface area contributed by atoms with E-state index in [-0.39, 0.29) is 39.5 Å². The predicted octanol–water partition coefficient (Wildman–Crippen LogP) is 5.34. The van der Waals surface area contributed by atoms with Gasteiger partial charge in [0.15, 0.2) is 0 Å². The molecule has 5 bridgehead atoms. The number of esters is 2. The zero-order chi connectivity index (χ0) is 46.1. The molecule has 0 fully saturated rings. The average molecular weight is 857 g/mol. The Morgan fingerprint density at radius 1 is 0.855 bits per heavy atom. The molecule has 0 radical (unpaired) electrons. The van der Waals surface area contributed by atoms with Gasteiger partial charge in [-0.1, -0.05) is 63.6 Å². The third-order valence-corrected chi connectivity index (χ3v) is 11.8. The van der Waals surface area contributed by atoms with Crippen LogP contribution in [0.15, 0.2) is 71.8 Å². The molecule has 0 aromatic heterocycles. The van der Waals surface area contributed by atoms with Crippen LogP contribution in [0, 0.1) is 37.5 Å². The fourth-order valence-corrected chi connectivity index (χ4v) is 8.06. The van der Waals surface area contributed by atoms with Gasteiger partial charge >= 0.3 is 17.7 Å². The van der Waals surface area contributed by atoms with Crippen molar-refractivity contribution in [3.63, 3.8) is 0 Å². The van der Waals surface area contributed by atoms with E-state index < -0.39 is 106 Å². The lowest BCUT2D eigenvalue weighted by Gasteiger charge is -2.38. The largest absolute Gasteiger partial charge is 0.462 e. The maximum absolute atomic E-state index is 14.8. The topological polar surface area (TPSA) is 204 Å². The summed E-state index contributed by atoms with van der Waals surface area (Å²) in [6.45, 7) is 14.2. The van der Waals surface area contributed by atoms with Crippen molar-refractivity contribution in [3.8, 4) is 11.5 Å². The molecule has 3 aliphatic heterocycles. The molecule has 2 aromatic rings. The second-order valence-electron chi connectivity index (χ2n) is 16.6. The lowest BCUT2D eigenvalue weighted by Crippen LogP contribution is -2.46. The smallest absolute Gasteiger partial charge is 0.343 e. The van der Waals surface area contributed by atoms with E-state index >= 15 is 0 Å². The Morgan fingerprint density at radius 2 is 1.50 bits per heavy atom. The van der Waals surface area contributed by atoms with Crippen LogP contribution in [-0.2, 0) is 23.8 Å². The molecular formula is C47H56N2O13. The van der Waals surface area contributed by atoms with Crippen molar-refractivity contribution in [1.82, 2.24) is 10.2 Å². The zero-order valence-electron chi connectivity index (χ0n) is 37.1. The monoisotopic (exact) mass is 856 g/mol. The SMILES string of the molecule is CO[C@H]1C=CO[C@@]2(C)Oc3c(C)c(OC(=O)c4ccc(C)cc4)c4c(c3C2=O)C(=O)C(N(C)C)=C(NC(=O)C(C)=CC=C[C@H](C)[C@H](O)[C@@H](C)[C@H](O)[C@H](C)[C@H](OC(C)=O)[C@@H]1C)C4=O. The van der Waals surface area contributed by atoms with Crippen molar-refractivity contribution in [3.05, 3.63) is 105 Å². The highest BCUT2D eigenvalue weighted by molar-refractivity contribution is 6.32. The van der Waals surface area contributed by atoms with Crippen LogP contribution in [0.5, 0.6) is 11.5 Å². The van der Waals surface area contributed by atoms with Gasteiger partial charge in [0.1, 0.15) is 29.0 Å². The number of amides is 1. The first-order valence-electron chi connectivity index (χ1n) is 20.4. The number of Topliss-reactive ketones (excluding diaryl/α,β-unsaturated/α-hetero) is 3. The van der Waals surface area contributed by atoms with E-state index in [1.807, 2.05) is 6.92 Å². The molecule has 0 saturated carbocycles. The van der Waals surface area contributed by atoms with Crippen LogP contribution in [0.25, 0.3) is 0 Å². The molecule has 0 spiro atoms. The molecule has 6 rings (SSSR count). The van der Waals surface area contributed by atoms with Crippen molar-refractivity contribution in [2.45, 2.75) is 92.5 Å². The summed E-state index contributed by atoms with van der Waals surface area (Å²) in [5, 5.41) is 25.5. The van der Waals surface area contributed by atoms with Crippen molar-refractivity contribution in [2.24, 2.45) is 23.7 Å². The molecular weight excluding hydrogens is 801 g/mol. The number of hydrogen-bond donors (Lipinski definition) is 3. The average Bonchev–Trinajstić information content (AvgIpc) is 3.48. The van der Waals surface area contributed by atoms with Gasteiger partial charge in [0.2, 0.25) is 11.6 Å². The molecule has 332 valence electrons. The van der Waals surface area contributed by atoms with Gasteiger partial charge in [-0.25, -0.2) is 4.79 Å². The zero-order valence-corrected chi connectivity index (χ0v) is 37.1. The summed E-state index contributed by atoms with van der Waals surface area (Å²) < 4.78 is 29.7. The fourth-order valence-electron chi connectivity index (χ4n) is 8.06. The lowest BCUT2D eigenvalue weighted by molar-refractivity contribution is -0.160. The fraction of sp³-hybridized carbons (Fsp3) is 0.447. The number of hydrogen-bond acceptors (Lipinski definition) is 14. The summed E-state index contributed by atoms with van der Waals surface area (Å²) in [5.74, 6) is -10.1. The number of aryl methyl sites for hydroxylation is 1. The van der Waals surface area contributed by atoms with Crippen molar-refractivity contribution in [1.29, 1.82) is 0 Å². The number of likely N-dealkylation sites (N-methyl/N-ethyl adjacent to an activating group) is 1. The molecule has 3 N–H and O–H groups in total. The normalized spacial score (nSPS) is 28.2. The van der Waals surface area contributed by atoms with Crippen LogP contribution >= 0.6 is 0 Å². The van der Waals surface area contributed by atoms with Gasteiger partial charge in [-0.05, 0) is 39.0 Å². The Hall–Kier alpha value is -5.90. The maximum atomic E-state index is 14.8. The number of allylic oxidation sites excluding steroid dienone is 4. The van der Waals surface area contributed by atoms with E-state index in [1.54, 1.807) is 52.0 Å². The van der Waals surface area contributed by atoms with E-state index in [0.717, 1.165) is 5.56 Å². The van der Waals surface area contributed by atoms with E-state index in [4.69, 9.17) is 23.7 Å². The molecule has 0 saturated heterocycles. The number of ketones is 3. The molecule has 15 nitrogen and oxygen atoms in total. The number of benzene rings is 2. The summed E-state index contributed by atoms with van der Waals surface area (Å²) in [4.78, 5) is 85.4. The molecule has 1 amide bonds. The number of aliphatic hydroxyl groups is 2. The van der Waals surface area contributed by atoms with E-state index in [1.165, 1.54) is 84.3 Å². The number of methoxy groups -OCH3 is 1. The number of aliphatic hydroxyl groups excluding tert-OH is 2. The number of nitrogens with one attached hydrogen (secondary N) is 1. The van der Waals surface area contributed by atoms with Gasteiger partial charge in [0.25, 0.3) is 11.7 Å². The number of ether oxygens (including phenoxy) is 5. The van der Waals surface area contributed by atoms with Gasteiger partial charge < -0.3 is 44.1 Å². The number of carbonyl (C=O) groups is 6. The second kappa shape index (κ2) is 18.6. The minimum Gasteiger partial charge on any atom is -0.462 e. The molecule has 0 unspecified atom stereocenters. The number of carbonyl (C=O) groups excluding carboxylic acids is 6. The summed E-state index contributed by atoms with van der Waals surface area (Å²) in [6.07, 6.45) is 3.29. The minimum absolute atomic E-state index is 0.0291. The van der Waals surface area contributed by atoms with Gasteiger partial charge in [-0.3, -0.25) is 24.0 Å². The van der Waals surface area contributed by atoms with E-state index in [2.05, 4.69) is 5.32 Å². The van der Waals surface area contributed by atoms with E-state index in [0.29, 0.717) is 0 Å². The Balaban J connectivity index is 1.72. The minimum atomic E-state index is -2.14. The lowest BCUT2D eigenvalue weighted by atomic mass is 9.78. The highest BCUT2D eigenvalue weighted by Crippen LogP contribution is 2.49. The Kier molecular flexibility index (Phi) is 14.2. The Bertz CT molecular complexity index is 2290. The number of fused-ring (bicyclic) bond motifs is 14. The highest BCUT2D eigenvalue weighted by Gasteiger charge is 2.53. The van der Waals surface area contributed by atoms with Crippen LogP contribution < -0.4 is 14.8 Å². The van der Waals surface area contributed by atoms with Crippen LogP contribution in [0.3, 0.4) is 0 Å². The highest BCUT2D eigenvalue weighted by atomic mass is 16.7. The summed E-state index contributed by atoms with van der Waals surface area (Å²) in [6, 6.07) is 6.47. The van der Waals surface area contributed by atoms with Gasteiger partial charge in [-0.2, -0.15) is 0 Å². The molecule has 2 aromatic carbocycles. The molecule has 62 heavy (non-hydrogen) atoms. The van der Waals surface area contributed by atoms with Crippen molar-refractivity contribution in [2.75, 3.05) is 21.2 Å². The molecule has 9 atom stereocenters. The third-order valence-electron chi connectivity index (χ3n) is 11.8. The molecule has 3 heterocycles. The summed E-state index contributed by atoms with van der Waals surface area (Å²) >= 11 is 0. The van der Waals surface area contributed by atoms with Gasteiger partial charge in [0.05, 0.1) is 46.8 Å². The molecule has 15 heteroatoms. The number of nitrogens with zero attached hydrogens (tertiary/aromatic N) is 1. The van der Waals surface area contributed by atoms with Gasteiger partial charge in [0, 0.05) is 69.9 Å². The first-order chi connectivity index (χ1) is 29.1. The second-order valence-corrected chi connectivity index (χ2v) is 16.6. The maximum Gasteiger partial charge on any atom is 0.343 e. The quantitative estimate of drug-likeness (QED) is 0.257. The van der Waals surface area contributed by atoms with Crippen LogP contribution in [0.2, 0.25) is 0 Å². The first-order valence-corrected chi connectivity index (χ1v) is 20.4. The third kappa shape index (κ3) is 9.01. The Morgan fingerprint density at radius 3 is 2.10 bits per heavy atom. The number of rotatable bonds is 5. The van der Waals surface area contributed by atoms with Crippen molar-refractivity contribution >= 4 is 35.2 Å². The van der Waals surface area contributed by atoms with Crippen molar-refractivity contribution < 1.29 is 62.7 Å². The summed E-state index contributed by atoms with van der Waals surface area (Å²) in [7, 11) is 4.40. The predicted molar refractivity (Wildman–Crippen MR) is 226 cm³/mol. The van der Waals surface area contributed by atoms with E-state index in [9.17, 15) is 39.0 Å². The molecule has 4 aliphatic rings. The van der Waals surface area contributed by atoms with Crippen LogP contribution in [0.1, 0.15) is 101 Å². The summed E-state index contributed by atoms with van der Waals surface area (Å²) in [5.41, 5.74) is -0.651. The van der Waals surface area contributed by atoms with Gasteiger partial charge in [-0.15, -0.1) is 0 Å². The molecule has 1 aliphatic carbocycles. The van der Waals surface area contributed by atoms with Crippen LogP contribution in [-0.4, -0.2) is 102 Å². The first kappa shape index (κ1) is 47.2. The Labute approximate surface area is 361 Å². The van der Waals surface area contributed by atoms with Crippen LogP contribution in [0.4, 0.5) is 0 Å².